The Morgan fingerprint density at radius 2 is 1.87 bits per heavy atom. The molecule has 0 bridgehead atoms. The number of benzene rings is 1. The van der Waals surface area contributed by atoms with Gasteiger partial charge < -0.3 is 5.11 Å². The van der Waals surface area contributed by atoms with Crippen molar-refractivity contribution in [1.29, 1.82) is 0 Å². The molecule has 0 spiro atoms. The summed E-state index contributed by atoms with van der Waals surface area (Å²) < 4.78 is 0. The molecule has 2 unspecified atom stereocenters. The molecule has 0 saturated carbocycles. The Morgan fingerprint density at radius 1 is 1.27 bits per heavy atom. The average Bonchev–Trinajstić information content (AvgIpc) is 2.26. The Kier molecular flexibility index (Phi) is 5.20. The average molecular weight is 224 g/mol. The van der Waals surface area contributed by atoms with E-state index in [1.807, 2.05) is 36.0 Å². The van der Waals surface area contributed by atoms with E-state index in [9.17, 15) is 5.11 Å². The van der Waals surface area contributed by atoms with Gasteiger partial charge in [-0.25, -0.2) is 0 Å². The largest absolute Gasteiger partial charge is 0.388 e. The molecule has 0 aliphatic rings. The van der Waals surface area contributed by atoms with Crippen LogP contribution in [0.4, 0.5) is 0 Å². The summed E-state index contributed by atoms with van der Waals surface area (Å²) in [5.74, 6) is 0.790. The maximum Gasteiger partial charge on any atom is 0.0880 e. The molecule has 1 aromatic rings. The van der Waals surface area contributed by atoms with Gasteiger partial charge in [-0.1, -0.05) is 43.7 Å². The fourth-order valence-corrected chi connectivity index (χ4v) is 2.20. The first-order chi connectivity index (χ1) is 7.13. The van der Waals surface area contributed by atoms with Crippen molar-refractivity contribution in [3.8, 4) is 0 Å². The van der Waals surface area contributed by atoms with Gasteiger partial charge in [-0.3, -0.25) is 0 Å². The molecule has 1 rings (SSSR count). The van der Waals surface area contributed by atoms with Crippen molar-refractivity contribution in [2.75, 3.05) is 5.75 Å². The first-order valence-corrected chi connectivity index (χ1v) is 6.54. The standard InChI is InChI=1S/C13H20OS/c1-4-11(3)15-9-13(14)12-7-5-10(2)6-8-12/h5-8,11,13-14H,4,9H2,1-3H3. The summed E-state index contributed by atoms with van der Waals surface area (Å²) in [5, 5.41) is 10.6. The molecular weight excluding hydrogens is 204 g/mol. The lowest BCUT2D eigenvalue weighted by Gasteiger charge is -2.13. The van der Waals surface area contributed by atoms with Crippen LogP contribution in [0.5, 0.6) is 0 Å². The summed E-state index contributed by atoms with van der Waals surface area (Å²) in [6.45, 7) is 6.44. The van der Waals surface area contributed by atoms with E-state index in [0.717, 1.165) is 17.7 Å². The summed E-state index contributed by atoms with van der Waals surface area (Å²) in [5.41, 5.74) is 2.26. The van der Waals surface area contributed by atoms with Crippen LogP contribution in [0.15, 0.2) is 24.3 Å². The van der Waals surface area contributed by atoms with Crippen molar-refractivity contribution in [2.24, 2.45) is 0 Å². The highest BCUT2D eigenvalue weighted by molar-refractivity contribution is 7.99. The van der Waals surface area contributed by atoms with Crippen LogP contribution in [-0.4, -0.2) is 16.1 Å². The highest BCUT2D eigenvalue weighted by Gasteiger charge is 2.09. The van der Waals surface area contributed by atoms with Gasteiger partial charge in [-0.15, -0.1) is 0 Å². The zero-order valence-corrected chi connectivity index (χ0v) is 10.6. The summed E-state index contributed by atoms with van der Waals surface area (Å²) >= 11 is 1.83. The summed E-state index contributed by atoms with van der Waals surface area (Å²) in [7, 11) is 0. The van der Waals surface area contributed by atoms with Gasteiger partial charge in [0.05, 0.1) is 6.10 Å². The van der Waals surface area contributed by atoms with E-state index in [-0.39, 0.29) is 6.10 Å². The summed E-state index contributed by atoms with van der Waals surface area (Å²) in [4.78, 5) is 0. The van der Waals surface area contributed by atoms with Gasteiger partial charge in [0.25, 0.3) is 0 Å². The van der Waals surface area contributed by atoms with Crippen LogP contribution in [0, 0.1) is 6.92 Å². The number of hydrogen-bond donors (Lipinski definition) is 1. The van der Waals surface area contributed by atoms with Gasteiger partial charge in [-0.05, 0) is 18.9 Å². The topological polar surface area (TPSA) is 20.2 Å². The van der Waals surface area contributed by atoms with E-state index in [1.165, 1.54) is 5.56 Å². The second-order valence-corrected chi connectivity index (χ2v) is 5.45. The predicted molar refractivity (Wildman–Crippen MR) is 68.3 cm³/mol. The maximum absolute atomic E-state index is 9.93. The molecule has 0 amide bonds. The molecule has 0 saturated heterocycles. The molecule has 2 heteroatoms. The van der Waals surface area contributed by atoms with Crippen LogP contribution in [-0.2, 0) is 0 Å². The van der Waals surface area contributed by atoms with E-state index in [4.69, 9.17) is 0 Å². The minimum Gasteiger partial charge on any atom is -0.388 e. The molecule has 0 aliphatic heterocycles. The Balaban J connectivity index is 2.46. The second kappa shape index (κ2) is 6.19. The highest BCUT2D eigenvalue weighted by Crippen LogP contribution is 2.22. The quantitative estimate of drug-likeness (QED) is 0.825. The Bertz CT molecular complexity index is 281. The number of thioether (sulfide) groups is 1. The number of aliphatic hydroxyl groups excluding tert-OH is 1. The van der Waals surface area contributed by atoms with Crippen molar-refractivity contribution < 1.29 is 5.11 Å². The molecule has 0 aromatic heterocycles. The fourth-order valence-electron chi connectivity index (χ4n) is 1.26. The smallest absolute Gasteiger partial charge is 0.0880 e. The number of rotatable bonds is 5. The minimum absolute atomic E-state index is 0.329. The third-order valence-electron chi connectivity index (χ3n) is 2.58. The Morgan fingerprint density at radius 3 is 2.40 bits per heavy atom. The van der Waals surface area contributed by atoms with Gasteiger partial charge >= 0.3 is 0 Å². The zero-order chi connectivity index (χ0) is 11.3. The zero-order valence-electron chi connectivity index (χ0n) is 9.73. The van der Waals surface area contributed by atoms with Crippen LogP contribution in [0.2, 0.25) is 0 Å². The van der Waals surface area contributed by atoms with Crippen LogP contribution >= 0.6 is 11.8 Å². The third kappa shape index (κ3) is 4.27. The van der Waals surface area contributed by atoms with E-state index < -0.39 is 0 Å². The molecule has 2 atom stereocenters. The van der Waals surface area contributed by atoms with Gasteiger partial charge in [0.2, 0.25) is 0 Å². The van der Waals surface area contributed by atoms with E-state index >= 15 is 0 Å². The monoisotopic (exact) mass is 224 g/mol. The molecule has 1 nitrogen and oxygen atoms in total. The molecule has 0 fully saturated rings. The van der Waals surface area contributed by atoms with Crippen LogP contribution in [0.3, 0.4) is 0 Å². The van der Waals surface area contributed by atoms with Crippen LogP contribution in [0.1, 0.15) is 37.5 Å². The molecule has 84 valence electrons. The second-order valence-electron chi connectivity index (χ2n) is 3.98. The highest BCUT2D eigenvalue weighted by atomic mass is 32.2. The Hall–Kier alpha value is -0.470. The summed E-state index contributed by atoms with van der Waals surface area (Å²) in [6, 6.07) is 8.12. The molecule has 0 radical (unpaired) electrons. The number of aliphatic hydroxyl groups is 1. The first-order valence-electron chi connectivity index (χ1n) is 5.49. The first kappa shape index (κ1) is 12.6. The SMILES string of the molecule is CCC(C)SCC(O)c1ccc(C)cc1. The van der Waals surface area contributed by atoms with Gasteiger partial charge in [0.15, 0.2) is 0 Å². The van der Waals surface area contributed by atoms with Crippen LogP contribution in [0.25, 0.3) is 0 Å². The van der Waals surface area contributed by atoms with Crippen LogP contribution < -0.4 is 0 Å². The minimum atomic E-state index is -0.329. The van der Waals surface area contributed by atoms with Gasteiger partial charge in [-0.2, -0.15) is 11.8 Å². The van der Waals surface area contributed by atoms with E-state index in [0.29, 0.717) is 5.25 Å². The lowest BCUT2D eigenvalue weighted by molar-refractivity contribution is 0.204. The molecule has 0 aliphatic carbocycles. The van der Waals surface area contributed by atoms with E-state index in [2.05, 4.69) is 20.8 Å². The van der Waals surface area contributed by atoms with Gasteiger partial charge in [0.1, 0.15) is 0 Å². The van der Waals surface area contributed by atoms with Crippen molar-refractivity contribution in [3.63, 3.8) is 0 Å². The predicted octanol–water partition coefficient (Wildman–Crippen LogP) is 3.56. The Labute approximate surface area is 96.9 Å². The van der Waals surface area contributed by atoms with Crippen molar-refractivity contribution in [2.45, 2.75) is 38.5 Å². The number of aryl methyl sites for hydroxylation is 1. The van der Waals surface area contributed by atoms with Gasteiger partial charge in [0, 0.05) is 11.0 Å². The molecule has 0 heterocycles. The van der Waals surface area contributed by atoms with Crippen molar-refractivity contribution in [3.05, 3.63) is 35.4 Å². The fraction of sp³-hybridized carbons (Fsp3) is 0.538. The lowest BCUT2D eigenvalue weighted by Crippen LogP contribution is -2.04. The van der Waals surface area contributed by atoms with Crippen molar-refractivity contribution in [1.82, 2.24) is 0 Å². The normalized spacial score (nSPS) is 14.9. The molecule has 1 N–H and O–H groups in total. The van der Waals surface area contributed by atoms with E-state index in [1.54, 1.807) is 0 Å². The maximum atomic E-state index is 9.93. The summed E-state index contributed by atoms with van der Waals surface area (Å²) in [6.07, 6.45) is 0.829. The molecular formula is C13H20OS. The molecule has 15 heavy (non-hydrogen) atoms. The lowest BCUT2D eigenvalue weighted by atomic mass is 10.1. The number of hydrogen-bond acceptors (Lipinski definition) is 2. The van der Waals surface area contributed by atoms with Crippen molar-refractivity contribution >= 4 is 11.8 Å². The third-order valence-corrected chi connectivity index (χ3v) is 3.99. The molecule has 1 aromatic carbocycles.